The van der Waals surface area contributed by atoms with Gasteiger partial charge in [0.2, 0.25) is 0 Å². The Kier molecular flexibility index (Phi) is 4.39. The van der Waals surface area contributed by atoms with Gasteiger partial charge >= 0.3 is 11.7 Å². The molecule has 0 saturated carbocycles. The molecule has 2 rings (SSSR count). The summed E-state index contributed by atoms with van der Waals surface area (Å²) in [6, 6.07) is 7.50. The summed E-state index contributed by atoms with van der Waals surface area (Å²) in [4.78, 5) is 28.7. The molecule has 8 nitrogen and oxygen atoms in total. The van der Waals surface area contributed by atoms with Gasteiger partial charge in [0.15, 0.2) is 5.69 Å². The zero-order valence-electron chi connectivity index (χ0n) is 10.8. The van der Waals surface area contributed by atoms with E-state index in [0.29, 0.717) is 6.42 Å². The van der Waals surface area contributed by atoms with Crippen molar-refractivity contribution < 1.29 is 19.6 Å². The average molecular weight is 289 g/mol. The third-order valence-corrected chi connectivity index (χ3v) is 2.58. The van der Waals surface area contributed by atoms with Crippen LogP contribution in [0.15, 0.2) is 36.5 Å². The smallest absolute Gasteiger partial charge is 0.354 e. The van der Waals surface area contributed by atoms with Gasteiger partial charge in [0, 0.05) is 24.4 Å². The van der Waals surface area contributed by atoms with E-state index < -0.39 is 10.9 Å². The van der Waals surface area contributed by atoms with E-state index in [1.54, 1.807) is 18.3 Å². The molecule has 0 aliphatic carbocycles. The van der Waals surface area contributed by atoms with E-state index in [1.807, 2.05) is 6.07 Å². The van der Waals surface area contributed by atoms with Gasteiger partial charge in [0.1, 0.15) is 0 Å². The van der Waals surface area contributed by atoms with Gasteiger partial charge in [0.05, 0.1) is 11.5 Å². The van der Waals surface area contributed by atoms with E-state index in [-0.39, 0.29) is 23.9 Å². The minimum absolute atomic E-state index is 0.105. The van der Waals surface area contributed by atoms with Crippen molar-refractivity contribution in [3.8, 4) is 5.88 Å². The summed E-state index contributed by atoms with van der Waals surface area (Å²) in [6.45, 7) is 0.105. The quantitative estimate of drug-likeness (QED) is 0.635. The summed E-state index contributed by atoms with van der Waals surface area (Å²) in [5.41, 5.74) is 0.0731. The highest BCUT2D eigenvalue weighted by Crippen LogP contribution is 2.24. The molecule has 2 aromatic rings. The molecule has 0 aliphatic heterocycles. The number of carboxylic acids is 1. The highest BCUT2D eigenvalue weighted by atomic mass is 16.6. The monoisotopic (exact) mass is 289 g/mol. The van der Waals surface area contributed by atoms with Crippen molar-refractivity contribution in [1.29, 1.82) is 0 Å². The number of pyridine rings is 2. The molecule has 0 unspecified atom stereocenters. The zero-order chi connectivity index (χ0) is 15.2. The second-order valence-electron chi connectivity index (χ2n) is 4.00. The lowest BCUT2D eigenvalue weighted by atomic mass is 10.3. The van der Waals surface area contributed by atoms with Crippen molar-refractivity contribution in [2.75, 3.05) is 6.61 Å². The molecule has 0 fully saturated rings. The summed E-state index contributed by atoms with van der Waals surface area (Å²) >= 11 is 0. The molecule has 0 spiro atoms. The number of carboxylic acid groups (broad SMARTS) is 1. The van der Waals surface area contributed by atoms with Crippen LogP contribution in [0.1, 0.15) is 16.2 Å². The first-order valence-electron chi connectivity index (χ1n) is 5.99. The van der Waals surface area contributed by atoms with E-state index in [4.69, 9.17) is 9.84 Å². The van der Waals surface area contributed by atoms with Gasteiger partial charge in [-0.2, -0.15) is 0 Å². The fourth-order valence-electron chi connectivity index (χ4n) is 1.60. The van der Waals surface area contributed by atoms with Crippen molar-refractivity contribution in [3.05, 3.63) is 58.0 Å². The van der Waals surface area contributed by atoms with E-state index in [2.05, 4.69) is 9.97 Å². The van der Waals surface area contributed by atoms with Crippen LogP contribution in [-0.2, 0) is 6.42 Å². The number of nitrogens with zero attached hydrogens (tertiary/aromatic N) is 3. The van der Waals surface area contributed by atoms with Crippen molar-refractivity contribution in [1.82, 2.24) is 9.97 Å². The average Bonchev–Trinajstić information content (AvgIpc) is 2.48. The minimum Gasteiger partial charge on any atom is -0.477 e. The Morgan fingerprint density at radius 2 is 2.14 bits per heavy atom. The predicted octanol–water partition coefficient (Wildman–Crippen LogP) is 1.70. The number of ether oxygens (including phenoxy) is 1. The van der Waals surface area contributed by atoms with Crippen LogP contribution in [0, 0.1) is 10.1 Å². The van der Waals surface area contributed by atoms with Gasteiger partial charge < -0.3 is 9.84 Å². The molecule has 0 radical (unpaired) electrons. The molecule has 8 heteroatoms. The highest BCUT2D eigenvalue weighted by molar-refractivity contribution is 5.85. The lowest BCUT2D eigenvalue weighted by Crippen LogP contribution is -2.08. The van der Waals surface area contributed by atoms with Crippen LogP contribution in [0.3, 0.4) is 0 Å². The molecule has 0 amide bonds. The van der Waals surface area contributed by atoms with Crippen molar-refractivity contribution in [2.45, 2.75) is 6.42 Å². The maximum absolute atomic E-state index is 10.9. The van der Waals surface area contributed by atoms with Gasteiger partial charge in [-0.3, -0.25) is 15.1 Å². The van der Waals surface area contributed by atoms with Crippen LogP contribution in [0.2, 0.25) is 0 Å². The van der Waals surface area contributed by atoms with Gasteiger partial charge in [0.25, 0.3) is 5.88 Å². The van der Waals surface area contributed by atoms with E-state index >= 15 is 0 Å². The van der Waals surface area contributed by atoms with Crippen LogP contribution >= 0.6 is 0 Å². The number of rotatable bonds is 6. The highest BCUT2D eigenvalue weighted by Gasteiger charge is 2.19. The Bertz CT molecular complexity index is 660. The van der Waals surface area contributed by atoms with Gasteiger partial charge in [-0.1, -0.05) is 6.07 Å². The fraction of sp³-hybridized carbons (Fsp3) is 0.154. The maximum Gasteiger partial charge on any atom is 0.354 e. The van der Waals surface area contributed by atoms with Crippen molar-refractivity contribution >= 4 is 11.7 Å². The summed E-state index contributed by atoms with van der Waals surface area (Å²) in [7, 11) is 0. The standard InChI is InChI=1S/C13H11N3O5/c17-13(18)10-4-5-11(16(19)20)12(15-10)21-8-6-9-3-1-2-7-14-9/h1-5,7H,6,8H2,(H,17,18). The third kappa shape index (κ3) is 3.72. The van der Waals surface area contributed by atoms with E-state index in [1.165, 1.54) is 0 Å². The number of hydrogen-bond donors (Lipinski definition) is 1. The van der Waals surface area contributed by atoms with E-state index in [0.717, 1.165) is 17.8 Å². The van der Waals surface area contributed by atoms with Crippen LogP contribution in [0.25, 0.3) is 0 Å². The predicted molar refractivity (Wildman–Crippen MR) is 71.3 cm³/mol. The normalized spacial score (nSPS) is 10.1. The number of hydrogen-bond acceptors (Lipinski definition) is 6. The molecule has 0 aromatic carbocycles. The van der Waals surface area contributed by atoms with E-state index in [9.17, 15) is 14.9 Å². The van der Waals surface area contributed by atoms with Gasteiger partial charge in [-0.25, -0.2) is 9.78 Å². The zero-order valence-corrected chi connectivity index (χ0v) is 10.8. The van der Waals surface area contributed by atoms with Crippen LogP contribution in [0.5, 0.6) is 5.88 Å². The first-order chi connectivity index (χ1) is 10.1. The second-order valence-corrected chi connectivity index (χ2v) is 4.00. The molecule has 2 aromatic heterocycles. The van der Waals surface area contributed by atoms with Crippen LogP contribution in [0.4, 0.5) is 5.69 Å². The fourth-order valence-corrected chi connectivity index (χ4v) is 1.60. The molecule has 0 aliphatic rings. The number of aromatic nitrogens is 2. The Morgan fingerprint density at radius 1 is 1.33 bits per heavy atom. The first kappa shape index (κ1) is 14.4. The second kappa shape index (κ2) is 6.42. The number of aromatic carboxylic acids is 1. The van der Waals surface area contributed by atoms with Crippen LogP contribution in [-0.4, -0.2) is 32.6 Å². The van der Waals surface area contributed by atoms with Crippen molar-refractivity contribution in [3.63, 3.8) is 0 Å². The Hall–Kier alpha value is -3.03. The molecule has 0 bridgehead atoms. The molecular weight excluding hydrogens is 278 g/mol. The molecule has 1 N–H and O–H groups in total. The SMILES string of the molecule is O=C(O)c1ccc([N+](=O)[O-])c(OCCc2ccccn2)n1. The maximum atomic E-state index is 10.9. The molecule has 0 atom stereocenters. The molecule has 2 heterocycles. The molecule has 21 heavy (non-hydrogen) atoms. The number of carbonyl (C=O) groups is 1. The molecule has 108 valence electrons. The number of nitro groups is 1. The lowest BCUT2D eigenvalue weighted by molar-refractivity contribution is -0.386. The van der Waals surface area contributed by atoms with Crippen molar-refractivity contribution in [2.24, 2.45) is 0 Å². The summed E-state index contributed by atoms with van der Waals surface area (Å²) in [5, 5.41) is 19.7. The summed E-state index contributed by atoms with van der Waals surface area (Å²) in [6.07, 6.45) is 2.05. The third-order valence-electron chi connectivity index (χ3n) is 2.58. The Labute approximate surface area is 119 Å². The van der Waals surface area contributed by atoms with Crippen LogP contribution < -0.4 is 4.74 Å². The Morgan fingerprint density at radius 3 is 2.76 bits per heavy atom. The molecule has 0 saturated heterocycles. The van der Waals surface area contributed by atoms with Gasteiger partial charge in [-0.15, -0.1) is 0 Å². The first-order valence-corrected chi connectivity index (χ1v) is 5.99. The van der Waals surface area contributed by atoms with Gasteiger partial charge in [-0.05, 0) is 18.2 Å². The Balaban J connectivity index is 2.12. The lowest BCUT2D eigenvalue weighted by Gasteiger charge is -2.06. The largest absolute Gasteiger partial charge is 0.477 e. The summed E-state index contributed by atoms with van der Waals surface area (Å²) in [5.74, 6) is -1.59. The summed E-state index contributed by atoms with van der Waals surface area (Å²) < 4.78 is 5.24. The topological polar surface area (TPSA) is 115 Å². The minimum atomic E-state index is -1.28. The molecular formula is C13H11N3O5.